The van der Waals surface area contributed by atoms with E-state index in [1.54, 1.807) is 0 Å². The van der Waals surface area contributed by atoms with Crippen molar-refractivity contribution in [1.82, 2.24) is 9.80 Å². The molecule has 1 fully saturated rings. The summed E-state index contributed by atoms with van der Waals surface area (Å²) in [5.41, 5.74) is 3.12. The Bertz CT molecular complexity index is 381. The molecule has 1 saturated heterocycles. The molecule has 1 aliphatic rings. The first kappa shape index (κ1) is 14.5. The van der Waals surface area contributed by atoms with Gasteiger partial charge in [0.1, 0.15) is 0 Å². The maximum absolute atomic E-state index is 2.57. The SMILES string of the molecule is CCN1CCN(Cc2ccc(C(C)(C)C)cc2)CC1. The molecule has 1 aromatic rings. The van der Waals surface area contributed by atoms with Crippen LogP contribution in [-0.2, 0) is 12.0 Å². The van der Waals surface area contributed by atoms with E-state index < -0.39 is 0 Å². The van der Waals surface area contributed by atoms with Gasteiger partial charge in [0.2, 0.25) is 0 Å². The normalized spacial score (nSPS) is 18.7. The van der Waals surface area contributed by atoms with Crippen LogP contribution in [0.25, 0.3) is 0 Å². The molecular formula is C17H28N2. The zero-order valence-electron chi connectivity index (χ0n) is 12.9. The Kier molecular flexibility index (Phi) is 4.64. The smallest absolute Gasteiger partial charge is 0.0234 e. The third-order valence-corrected chi connectivity index (χ3v) is 4.14. The molecule has 0 saturated carbocycles. The molecule has 1 aromatic carbocycles. The van der Waals surface area contributed by atoms with Crippen LogP contribution >= 0.6 is 0 Å². The predicted molar refractivity (Wildman–Crippen MR) is 82.5 cm³/mol. The summed E-state index contributed by atoms with van der Waals surface area (Å²) in [7, 11) is 0. The Labute approximate surface area is 118 Å². The molecule has 1 aliphatic heterocycles. The molecule has 0 radical (unpaired) electrons. The van der Waals surface area contributed by atoms with Crippen LogP contribution in [0.5, 0.6) is 0 Å². The quantitative estimate of drug-likeness (QED) is 0.824. The molecule has 2 heteroatoms. The van der Waals surface area contributed by atoms with Crippen LogP contribution < -0.4 is 0 Å². The van der Waals surface area contributed by atoms with Gasteiger partial charge in [0.05, 0.1) is 0 Å². The lowest BCUT2D eigenvalue weighted by atomic mass is 9.87. The van der Waals surface area contributed by atoms with Gasteiger partial charge in [0.25, 0.3) is 0 Å². The van der Waals surface area contributed by atoms with Crippen LogP contribution in [0.15, 0.2) is 24.3 Å². The summed E-state index contributed by atoms with van der Waals surface area (Å²) in [6, 6.07) is 9.18. The number of likely N-dealkylation sites (N-methyl/N-ethyl adjacent to an activating group) is 1. The summed E-state index contributed by atoms with van der Waals surface area (Å²) in [6.45, 7) is 16.2. The molecule has 0 aliphatic carbocycles. The lowest BCUT2D eigenvalue weighted by Crippen LogP contribution is -2.45. The van der Waals surface area contributed by atoms with Gasteiger partial charge in [0, 0.05) is 32.7 Å². The van der Waals surface area contributed by atoms with Gasteiger partial charge in [-0.1, -0.05) is 52.0 Å². The van der Waals surface area contributed by atoms with E-state index in [-0.39, 0.29) is 5.41 Å². The zero-order valence-corrected chi connectivity index (χ0v) is 12.9. The predicted octanol–water partition coefficient (Wildman–Crippen LogP) is 3.12. The van der Waals surface area contributed by atoms with Crippen molar-refractivity contribution in [3.05, 3.63) is 35.4 Å². The van der Waals surface area contributed by atoms with Crippen molar-refractivity contribution in [2.75, 3.05) is 32.7 Å². The summed E-state index contributed by atoms with van der Waals surface area (Å²) in [5.74, 6) is 0. The summed E-state index contributed by atoms with van der Waals surface area (Å²) >= 11 is 0. The van der Waals surface area contributed by atoms with Crippen LogP contribution in [0.2, 0.25) is 0 Å². The summed E-state index contributed by atoms with van der Waals surface area (Å²) < 4.78 is 0. The molecule has 0 unspecified atom stereocenters. The molecular weight excluding hydrogens is 232 g/mol. The minimum absolute atomic E-state index is 0.255. The number of nitrogens with zero attached hydrogens (tertiary/aromatic N) is 2. The maximum Gasteiger partial charge on any atom is 0.0234 e. The number of hydrogen-bond donors (Lipinski definition) is 0. The van der Waals surface area contributed by atoms with Crippen LogP contribution in [0.1, 0.15) is 38.8 Å². The fourth-order valence-corrected chi connectivity index (χ4v) is 2.63. The Balaban J connectivity index is 1.90. The first-order valence-electron chi connectivity index (χ1n) is 7.53. The number of hydrogen-bond acceptors (Lipinski definition) is 2. The number of piperazine rings is 1. The summed E-state index contributed by atoms with van der Waals surface area (Å²) in [5, 5.41) is 0. The van der Waals surface area contributed by atoms with E-state index in [2.05, 4.69) is 61.8 Å². The molecule has 2 rings (SSSR count). The Hall–Kier alpha value is -0.860. The molecule has 19 heavy (non-hydrogen) atoms. The molecule has 0 atom stereocenters. The van der Waals surface area contributed by atoms with Crippen LogP contribution in [0, 0.1) is 0 Å². The van der Waals surface area contributed by atoms with Crippen molar-refractivity contribution in [3.63, 3.8) is 0 Å². The largest absolute Gasteiger partial charge is 0.301 e. The first-order valence-corrected chi connectivity index (χ1v) is 7.53. The minimum atomic E-state index is 0.255. The summed E-state index contributed by atoms with van der Waals surface area (Å²) in [4.78, 5) is 5.09. The monoisotopic (exact) mass is 260 g/mol. The standard InChI is InChI=1S/C17H28N2/c1-5-18-10-12-19(13-11-18)14-15-6-8-16(9-7-15)17(2,3)4/h6-9H,5,10-14H2,1-4H3. The van der Waals surface area contributed by atoms with Gasteiger partial charge in [-0.25, -0.2) is 0 Å². The molecule has 0 N–H and O–H groups in total. The van der Waals surface area contributed by atoms with Crippen LogP contribution in [0.4, 0.5) is 0 Å². The van der Waals surface area contributed by atoms with Crippen molar-refractivity contribution >= 4 is 0 Å². The average Bonchev–Trinajstić information content (AvgIpc) is 2.39. The Morgan fingerprint density at radius 3 is 1.89 bits per heavy atom. The van der Waals surface area contributed by atoms with E-state index in [0.29, 0.717) is 0 Å². The van der Waals surface area contributed by atoms with E-state index in [4.69, 9.17) is 0 Å². The van der Waals surface area contributed by atoms with Crippen LogP contribution in [0.3, 0.4) is 0 Å². The van der Waals surface area contributed by atoms with Crippen molar-refractivity contribution in [2.45, 2.75) is 39.7 Å². The maximum atomic E-state index is 2.57. The Morgan fingerprint density at radius 2 is 1.42 bits per heavy atom. The van der Waals surface area contributed by atoms with Gasteiger partial charge in [-0.2, -0.15) is 0 Å². The fraction of sp³-hybridized carbons (Fsp3) is 0.647. The second kappa shape index (κ2) is 6.06. The van der Waals surface area contributed by atoms with E-state index in [1.165, 1.54) is 43.9 Å². The second-order valence-corrected chi connectivity index (χ2v) is 6.66. The third kappa shape index (κ3) is 4.05. The minimum Gasteiger partial charge on any atom is -0.301 e. The number of rotatable bonds is 3. The highest BCUT2D eigenvalue weighted by molar-refractivity contribution is 5.27. The third-order valence-electron chi connectivity index (χ3n) is 4.14. The van der Waals surface area contributed by atoms with E-state index in [1.807, 2.05) is 0 Å². The first-order chi connectivity index (χ1) is 8.99. The molecule has 0 spiro atoms. The lowest BCUT2D eigenvalue weighted by Gasteiger charge is -2.34. The Morgan fingerprint density at radius 1 is 0.895 bits per heavy atom. The average molecular weight is 260 g/mol. The highest BCUT2D eigenvalue weighted by atomic mass is 15.3. The lowest BCUT2D eigenvalue weighted by molar-refractivity contribution is 0.132. The van der Waals surface area contributed by atoms with Crippen molar-refractivity contribution in [1.29, 1.82) is 0 Å². The van der Waals surface area contributed by atoms with Gasteiger partial charge in [-0.3, -0.25) is 4.90 Å². The molecule has 0 amide bonds. The highest BCUT2D eigenvalue weighted by Gasteiger charge is 2.16. The van der Waals surface area contributed by atoms with Crippen LogP contribution in [-0.4, -0.2) is 42.5 Å². The molecule has 1 heterocycles. The van der Waals surface area contributed by atoms with E-state index in [9.17, 15) is 0 Å². The second-order valence-electron chi connectivity index (χ2n) is 6.66. The van der Waals surface area contributed by atoms with E-state index >= 15 is 0 Å². The highest BCUT2D eigenvalue weighted by Crippen LogP contribution is 2.22. The van der Waals surface area contributed by atoms with Gasteiger partial charge < -0.3 is 4.90 Å². The molecule has 106 valence electrons. The van der Waals surface area contributed by atoms with Crippen molar-refractivity contribution in [2.24, 2.45) is 0 Å². The van der Waals surface area contributed by atoms with Crippen molar-refractivity contribution < 1.29 is 0 Å². The zero-order chi connectivity index (χ0) is 13.9. The van der Waals surface area contributed by atoms with Gasteiger partial charge in [0.15, 0.2) is 0 Å². The van der Waals surface area contributed by atoms with E-state index in [0.717, 1.165) is 6.54 Å². The van der Waals surface area contributed by atoms with Crippen molar-refractivity contribution in [3.8, 4) is 0 Å². The molecule has 2 nitrogen and oxygen atoms in total. The fourth-order valence-electron chi connectivity index (χ4n) is 2.63. The van der Waals surface area contributed by atoms with Gasteiger partial charge in [-0.05, 0) is 23.1 Å². The molecule has 0 bridgehead atoms. The topological polar surface area (TPSA) is 6.48 Å². The van der Waals surface area contributed by atoms with Gasteiger partial charge >= 0.3 is 0 Å². The van der Waals surface area contributed by atoms with Gasteiger partial charge in [-0.15, -0.1) is 0 Å². The number of benzene rings is 1. The molecule has 0 aromatic heterocycles. The summed E-state index contributed by atoms with van der Waals surface area (Å²) in [6.07, 6.45) is 0.